The van der Waals surface area contributed by atoms with E-state index < -0.39 is 0 Å². The zero-order valence-electron chi connectivity index (χ0n) is 9.02. The Hall–Kier alpha value is -0.670. The molecular weight excluding hydrogens is 206 g/mol. The van der Waals surface area contributed by atoms with Gasteiger partial charge in [-0.1, -0.05) is 19.1 Å². The van der Waals surface area contributed by atoms with Crippen LogP contribution in [0.2, 0.25) is 0 Å². The van der Waals surface area contributed by atoms with E-state index in [9.17, 15) is 5.11 Å². The number of nitrogens with zero attached hydrogens (tertiary/aromatic N) is 1. The zero-order chi connectivity index (χ0) is 10.7. The summed E-state index contributed by atoms with van der Waals surface area (Å²) in [7, 11) is 0. The van der Waals surface area contributed by atoms with Crippen LogP contribution in [-0.4, -0.2) is 34.1 Å². The number of benzene rings is 1. The maximum Gasteiger partial charge on any atom is 0.115 e. The molecule has 0 radical (unpaired) electrons. The molecule has 0 bridgehead atoms. The van der Waals surface area contributed by atoms with Gasteiger partial charge in [-0.05, 0) is 17.7 Å². The highest BCUT2D eigenvalue weighted by Crippen LogP contribution is 2.20. The van der Waals surface area contributed by atoms with Gasteiger partial charge in [0, 0.05) is 30.6 Å². The van der Waals surface area contributed by atoms with E-state index >= 15 is 0 Å². The van der Waals surface area contributed by atoms with Crippen LogP contribution in [0.15, 0.2) is 24.3 Å². The second-order valence-corrected chi connectivity index (χ2v) is 5.63. The second-order valence-electron chi connectivity index (χ2n) is 4.08. The topological polar surface area (TPSA) is 23.5 Å². The van der Waals surface area contributed by atoms with Gasteiger partial charge < -0.3 is 5.11 Å². The van der Waals surface area contributed by atoms with Gasteiger partial charge in [0.15, 0.2) is 0 Å². The third-order valence-electron chi connectivity index (χ3n) is 2.67. The van der Waals surface area contributed by atoms with Crippen LogP contribution in [0.4, 0.5) is 0 Å². The average Bonchev–Trinajstić information content (AvgIpc) is 2.22. The van der Waals surface area contributed by atoms with Crippen LogP contribution in [0.1, 0.15) is 12.5 Å². The molecule has 1 N–H and O–H groups in total. The van der Waals surface area contributed by atoms with Crippen molar-refractivity contribution in [1.29, 1.82) is 0 Å². The predicted octanol–water partition coefficient (Wildman–Crippen LogP) is 2.33. The first-order chi connectivity index (χ1) is 7.24. The molecule has 15 heavy (non-hydrogen) atoms. The van der Waals surface area contributed by atoms with E-state index in [1.807, 2.05) is 12.1 Å². The summed E-state index contributed by atoms with van der Waals surface area (Å²) in [6.07, 6.45) is 0. The Morgan fingerprint density at radius 2 is 2.13 bits per heavy atom. The molecule has 1 fully saturated rings. The minimum absolute atomic E-state index is 0.348. The number of hydrogen-bond acceptors (Lipinski definition) is 3. The fraction of sp³-hybridized carbons (Fsp3) is 0.500. The molecule has 1 aromatic rings. The number of rotatable bonds is 2. The lowest BCUT2D eigenvalue weighted by molar-refractivity contribution is 0.278. The van der Waals surface area contributed by atoms with Crippen LogP contribution in [-0.2, 0) is 6.54 Å². The maximum atomic E-state index is 9.19. The molecule has 1 heterocycles. The van der Waals surface area contributed by atoms with Crippen molar-refractivity contribution in [3.63, 3.8) is 0 Å². The molecule has 1 aliphatic heterocycles. The zero-order valence-corrected chi connectivity index (χ0v) is 9.83. The van der Waals surface area contributed by atoms with Crippen molar-refractivity contribution < 1.29 is 5.11 Å². The fourth-order valence-electron chi connectivity index (χ4n) is 1.89. The van der Waals surface area contributed by atoms with Gasteiger partial charge in [0.2, 0.25) is 0 Å². The molecule has 1 aromatic carbocycles. The highest BCUT2D eigenvalue weighted by atomic mass is 32.2. The maximum absolute atomic E-state index is 9.19. The fourth-order valence-corrected chi connectivity index (χ4v) is 2.98. The molecule has 3 heteroatoms. The van der Waals surface area contributed by atoms with Crippen molar-refractivity contribution in [2.24, 2.45) is 0 Å². The summed E-state index contributed by atoms with van der Waals surface area (Å²) in [5.74, 6) is 1.58. The lowest BCUT2D eigenvalue weighted by Gasteiger charge is -2.30. The first-order valence-electron chi connectivity index (χ1n) is 5.36. The quantitative estimate of drug-likeness (QED) is 0.832. The number of aromatic hydroxyl groups is 1. The summed E-state index contributed by atoms with van der Waals surface area (Å²) in [5.41, 5.74) is 1.28. The van der Waals surface area contributed by atoms with Crippen molar-refractivity contribution in [2.75, 3.05) is 18.8 Å². The van der Waals surface area contributed by atoms with Crippen molar-refractivity contribution in [1.82, 2.24) is 4.90 Å². The number of phenols is 1. The summed E-state index contributed by atoms with van der Waals surface area (Å²) >= 11 is 2.05. The first-order valence-corrected chi connectivity index (χ1v) is 6.41. The SMILES string of the molecule is CC1CN(Cc2ccc(O)cc2)CCS1. The predicted molar refractivity (Wildman–Crippen MR) is 65.3 cm³/mol. The standard InChI is InChI=1S/C12H17NOS/c1-10-8-13(6-7-15-10)9-11-2-4-12(14)5-3-11/h2-5,10,14H,6-9H2,1H3. The van der Waals surface area contributed by atoms with E-state index in [-0.39, 0.29) is 0 Å². The van der Waals surface area contributed by atoms with Crippen LogP contribution >= 0.6 is 11.8 Å². The van der Waals surface area contributed by atoms with E-state index in [1.54, 1.807) is 12.1 Å². The Morgan fingerprint density at radius 1 is 1.40 bits per heavy atom. The Balaban J connectivity index is 1.93. The summed E-state index contributed by atoms with van der Waals surface area (Å²) in [5, 5.41) is 9.93. The van der Waals surface area contributed by atoms with Gasteiger partial charge in [0.1, 0.15) is 5.75 Å². The molecule has 2 nitrogen and oxygen atoms in total. The second kappa shape index (κ2) is 4.90. The molecule has 0 amide bonds. The molecule has 1 unspecified atom stereocenters. The molecule has 1 atom stereocenters. The first kappa shape index (κ1) is 10.8. The smallest absolute Gasteiger partial charge is 0.115 e. The van der Waals surface area contributed by atoms with Crippen molar-refractivity contribution in [3.05, 3.63) is 29.8 Å². The van der Waals surface area contributed by atoms with Gasteiger partial charge in [-0.15, -0.1) is 0 Å². The van der Waals surface area contributed by atoms with Crippen LogP contribution in [0.5, 0.6) is 5.75 Å². The van der Waals surface area contributed by atoms with Crippen LogP contribution in [0.3, 0.4) is 0 Å². The summed E-state index contributed by atoms with van der Waals surface area (Å²) in [6, 6.07) is 7.53. The highest BCUT2D eigenvalue weighted by Gasteiger charge is 2.16. The third kappa shape index (κ3) is 3.14. The molecule has 1 aliphatic rings. The highest BCUT2D eigenvalue weighted by molar-refractivity contribution is 7.99. The van der Waals surface area contributed by atoms with Crippen molar-refractivity contribution in [3.8, 4) is 5.75 Å². The lowest BCUT2D eigenvalue weighted by Crippen LogP contribution is -2.35. The van der Waals surface area contributed by atoms with E-state index in [1.165, 1.54) is 24.4 Å². The Morgan fingerprint density at radius 3 is 2.80 bits per heavy atom. The Labute approximate surface area is 95.3 Å². The van der Waals surface area contributed by atoms with E-state index in [4.69, 9.17) is 0 Å². The summed E-state index contributed by atoms with van der Waals surface area (Å²) in [4.78, 5) is 2.48. The van der Waals surface area contributed by atoms with Crippen LogP contribution < -0.4 is 0 Å². The molecule has 0 aliphatic carbocycles. The van der Waals surface area contributed by atoms with Gasteiger partial charge in [-0.25, -0.2) is 0 Å². The van der Waals surface area contributed by atoms with E-state index in [0.29, 0.717) is 5.75 Å². The molecule has 0 spiro atoms. The lowest BCUT2D eigenvalue weighted by atomic mass is 10.2. The molecule has 82 valence electrons. The third-order valence-corrected chi connectivity index (χ3v) is 3.80. The molecule has 0 saturated carbocycles. The molecule has 2 rings (SSSR count). The van der Waals surface area contributed by atoms with E-state index in [2.05, 4.69) is 23.6 Å². The van der Waals surface area contributed by atoms with E-state index in [0.717, 1.165) is 11.8 Å². The minimum Gasteiger partial charge on any atom is -0.508 e. The molecule has 1 saturated heterocycles. The summed E-state index contributed by atoms with van der Waals surface area (Å²) < 4.78 is 0. The monoisotopic (exact) mass is 223 g/mol. The van der Waals surface area contributed by atoms with Crippen LogP contribution in [0, 0.1) is 0 Å². The van der Waals surface area contributed by atoms with Gasteiger partial charge >= 0.3 is 0 Å². The summed E-state index contributed by atoms with van der Waals surface area (Å²) in [6.45, 7) is 5.64. The van der Waals surface area contributed by atoms with Crippen molar-refractivity contribution in [2.45, 2.75) is 18.7 Å². The van der Waals surface area contributed by atoms with Gasteiger partial charge in [-0.2, -0.15) is 11.8 Å². The average molecular weight is 223 g/mol. The normalized spacial score (nSPS) is 22.9. The van der Waals surface area contributed by atoms with Gasteiger partial charge in [-0.3, -0.25) is 4.90 Å². The largest absolute Gasteiger partial charge is 0.508 e. The van der Waals surface area contributed by atoms with Gasteiger partial charge in [0.25, 0.3) is 0 Å². The Kier molecular flexibility index (Phi) is 3.54. The number of phenolic OH excluding ortho intramolecular Hbond substituents is 1. The van der Waals surface area contributed by atoms with Gasteiger partial charge in [0.05, 0.1) is 0 Å². The van der Waals surface area contributed by atoms with Crippen molar-refractivity contribution >= 4 is 11.8 Å². The minimum atomic E-state index is 0.348. The Bertz CT molecular complexity index is 312. The number of hydrogen-bond donors (Lipinski definition) is 1. The molecule has 0 aromatic heterocycles. The molecular formula is C12H17NOS. The number of thioether (sulfide) groups is 1. The van der Waals surface area contributed by atoms with Crippen LogP contribution in [0.25, 0.3) is 0 Å².